The van der Waals surface area contributed by atoms with Crippen LogP contribution in [0.25, 0.3) is 0 Å². The van der Waals surface area contributed by atoms with E-state index in [0.29, 0.717) is 0 Å². The molecule has 1 N–H and O–H groups in total. The molecule has 11 heteroatoms. The Hall–Kier alpha value is -0.230. The standard InChI is InChI=1S/C13H12Br4O7/c1-5(2)7(18)22-12(16)10(21)24-11(15,9(14)20)13(12,17)23-8(19)6(3)4/h9,20H,1,3H2,2,4H3/t9?,11-,12+,13+/m1/s1. The third-order valence-electron chi connectivity index (χ3n) is 2.83. The van der Waals surface area contributed by atoms with E-state index in [9.17, 15) is 19.5 Å². The summed E-state index contributed by atoms with van der Waals surface area (Å²) >= 11 is 11.9. The maximum atomic E-state index is 12.4. The molecule has 1 aliphatic heterocycles. The van der Waals surface area contributed by atoms with Gasteiger partial charge in [0, 0.05) is 11.1 Å². The molecule has 1 saturated heterocycles. The van der Waals surface area contributed by atoms with Crippen LogP contribution in [0.1, 0.15) is 13.8 Å². The predicted octanol–water partition coefficient (Wildman–Crippen LogP) is 2.77. The van der Waals surface area contributed by atoms with Crippen molar-refractivity contribution in [3.05, 3.63) is 24.3 Å². The molecule has 0 bridgehead atoms. The maximum Gasteiger partial charge on any atom is 0.369 e. The molecule has 4 atom stereocenters. The number of aliphatic hydroxyl groups excluding tert-OH is 1. The number of hydrogen-bond donors (Lipinski definition) is 1. The largest absolute Gasteiger partial charge is 0.434 e. The summed E-state index contributed by atoms with van der Waals surface area (Å²) in [5, 5.41) is 8.40. The van der Waals surface area contributed by atoms with Crippen molar-refractivity contribution in [2.45, 2.75) is 32.4 Å². The first kappa shape index (κ1) is 21.8. The molecule has 134 valence electrons. The Morgan fingerprint density at radius 1 is 1.12 bits per heavy atom. The summed E-state index contributed by atoms with van der Waals surface area (Å²) in [7, 11) is 0. The van der Waals surface area contributed by atoms with Crippen LogP contribution in [0.5, 0.6) is 0 Å². The average molecular weight is 600 g/mol. The van der Waals surface area contributed by atoms with Gasteiger partial charge >= 0.3 is 22.4 Å². The van der Waals surface area contributed by atoms with Crippen molar-refractivity contribution in [2.75, 3.05) is 0 Å². The molecule has 1 unspecified atom stereocenters. The summed E-state index contributed by atoms with van der Waals surface area (Å²) in [6.45, 7) is 9.56. The van der Waals surface area contributed by atoms with E-state index in [1.165, 1.54) is 13.8 Å². The molecule has 0 radical (unpaired) electrons. The van der Waals surface area contributed by atoms with Gasteiger partial charge in [0.2, 0.25) is 0 Å². The van der Waals surface area contributed by atoms with Crippen LogP contribution < -0.4 is 0 Å². The van der Waals surface area contributed by atoms with Crippen molar-refractivity contribution in [1.29, 1.82) is 0 Å². The van der Waals surface area contributed by atoms with Crippen molar-refractivity contribution in [3.63, 3.8) is 0 Å². The van der Waals surface area contributed by atoms with Crippen LogP contribution in [0.4, 0.5) is 0 Å². The van der Waals surface area contributed by atoms with E-state index in [2.05, 4.69) is 76.9 Å². The van der Waals surface area contributed by atoms with Gasteiger partial charge in [0.1, 0.15) is 0 Å². The van der Waals surface area contributed by atoms with E-state index in [1.807, 2.05) is 0 Å². The molecule has 0 aromatic rings. The Balaban J connectivity index is 3.51. The normalized spacial score (nSPS) is 33.4. The first-order valence-electron chi connectivity index (χ1n) is 6.13. The Kier molecular flexibility index (Phi) is 6.52. The van der Waals surface area contributed by atoms with Crippen molar-refractivity contribution < 1.29 is 33.7 Å². The SMILES string of the molecule is C=C(C)C(=O)O[C@]1(Br)[C@@](Br)(OC(=O)C(=C)C)C(=O)O[C@]1(Br)C(O)Br. The minimum absolute atomic E-state index is 0.00633. The lowest BCUT2D eigenvalue weighted by Crippen LogP contribution is -2.60. The summed E-state index contributed by atoms with van der Waals surface area (Å²) < 4.78 is 8.86. The highest BCUT2D eigenvalue weighted by Gasteiger charge is 2.80. The third kappa shape index (κ3) is 3.37. The van der Waals surface area contributed by atoms with Crippen molar-refractivity contribution in [1.82, 2.24) is 0 Å². The monoisotopic (exact) mass is 596 g/mol. The Labute approximate surface area is 171 Å². The zero-order valence-electron chi connectivity index (χ0n) is 12.4. The third-order valence-corrected chi connectivity index (χ3v) is 8.66. The number of esters is 3. The van der Waals surface area contributed by atoms with Crippen LogP contribution in [-0.2, 0) is 28.6 Å². The van der Waals surface area contributed by atoms with Crippen molar-refractivity contribution in [3.8, 4) is 0 Å². The zero-order chi connectivity index (χ0) is 19.1. The van der Waals surface area contributed by atoms with Crippen LogP contribution in [0.2, 0.25) is 0 Å². The number of aliphatic hydroxyl groups is 1. The fraction of sp³-hybridized carbons (Fsp3) is 0.462. The van der Waals surface area contributed by atoms with Gasteiger partial charge in [-0.25, -0.2) is 14.4 Å². The summed E-state index contributed by atoms with van der Waals surface area (Å²) in [4.78, 5) is 36.3. The molecule has 1 fully saturated rings. The molecular weight excluding hydrogens is 588 g/mol. The Morgan fingerprint density at radius 3 is 1.92 bits per heavy atom. The van der Waals surface area contributed by atoms with E-state index in [-0.39, 0.29) is 11.1 Å². The van der Waals surface area contributed by atoms with E-state index in [0.717, 1.165) is 0 Å². The minimum Gasteiger partial charge on any atom is -0.434 e. The summed E-state index contributed by atoms with van der Waals surface area (Å²) in [6.07, 6.45) is 0. The average Bonchev–Trinajstić information content (AvgIpc) is 2.58. The molecule has 1 aliphatic rings. The van der Waals surface area contributed by atoms with Crippen LogP contribution in [-0.4, -0.2) is 41.6 Å². The first-order chi connectivity index (χ1) is 10.7. The van der Waals surface area contributed by atoms with E-state index in [4.69, 9.17) is 14.2 Å². The van der Waals surface area contributed by atoms with Gasteiger partial charge in [0.15, 0.2) is 5.01 Å². The molecule has 1 rings (SSSR count). The van der Waals surface area contributed by atoms with Crippen LogP contribution in [0.3, 0.4) is 0 Å². The van der Waals surface area contributed by atoms with Gasteiger partial charge in [-0.2, -0.15) is 0 Å². The van der Waals surface area contributed by atoms with Gasteiger partial charge in [-0.3, -0.25) is 0 Å². The smallest absolute Gasteiger partial charge is 0.369 e. The summed E-state index contributed by atoms with van der Waals surface area (Å²) in [6, 6.07) is 0. The quantitative estimate of drug-likeness (QED) is 0.225. The second-order valence-electron chi connectivity index (χ2n) is 4.90. The molecule has 24 heavy (non-hydrogen) atoms. The number of alkyl halides is 4. The lowest BCUT2D eigenvalue weighted by Gasteiger charge is -2.39. The number of hydrogen-bond acceptors (Lipinski definition) is 7. The Bertz CT molecular complexity index is 634. The second kappa shape index (κ2) is 7.18. The molecule has 0 aliphatic carbocycles. The topological polar surface area (TPSA) is 99.1 Å². The van der Waals surface area contributed by atoms with E-state index >= 15 is 0 Å². The molecule has 1 heterocycles. The number of cyclic esters (lactones) is 1. The molecule has 0 spiro atoms. The highest BCUT2D eigenvalue weighted by molar-refractivity contribution is 9.15. The molecule has 0 amide bonds. The first-order valence-corrected chi connectivity index (χ1v) is 9.42. The van der Waals surface area contributed by atoms with Gasteiger partial charge in [0.25, 0.3) is 9.02 Å². The number of carbonyl (C=O) groups excluding carboxylic acids is 3. The van der Waals surface area contributed by atoms with Gasteiger partial charge in [-0.1, -0.05) is 29.1 Å². The maximum absolute atomic E-state index is 12.4. The zero-order valence-corrected chi connectivity index (χ0v) is 18.7. The predicted molar refractivity (Wildman–Crippen MR) is 97.8 cm³/mol. The number of rotatable bonds is 5. The number of carbonyl (C=O) groups is 3. The van der Waals surface area contributed by atoms with Crippen LogP contribution in [0, 0.1) is 0 Å². The Morgan fingerprint density at radius 2 is 1.54 bits per heavy atom. The molecule has 0 saturated carbocycles. The molecule has 0 aromatic carbocycles. The number of ether oxygens (including phenoxy) is 3. The van der Waals surface area contributed by atoms with Crippen LogP contribution >= 0.6 is 63.7 Å². The van der Waals surface area contributed by atoms with Gasteiger partial charge < -0.3 is 19.3 Å². The second-order valence-corrected chi connectivity index (χ2v) is 9.18. The summed E-state index contributed by atoms with van der Waals surface area (Å²) in [5.74, 6) is -3.03. The van der Waals surface area contributed by atoms with Gasteiger partial charge in [-0.15, -0.1) is 0 Å². The molecular formula is C13H12Br4O7. The van der Waals surface area contributed by atoms with Crippen LogP contribution in [0.15, 0.2) is 24.3 Å². The highest BCUT2D eigenvalue weighted by Crippen LogP contribution is 2.60. The summed E-state index contributed by atoms with van der Waals surface area (Å²) in [5.41, 5.74) is -0.0256. The number of halogens is 4. The van der Waals surface area contributed by atoms with Gasteiger partial charge in [0.05, 0.1) is 0 Å². The van der Waals surface area contributed by atoms with Gasteiger partial charge in [-0.05, 0) is 61.6 Å². The highest BCUT2D eigenvalue weighted by atomic mass is 79.9. The van der Waals surface area contributed by atoms with E-state index in [1.54, 1.807) is 0 Å². The minimum atomic E-state index is -2.32. The van der Waals surface area contributed by atoms with E-state index < -0.39 is 36.5 Å². The fourth-order valence-corrected chi connectivity index (χ4v) is 4.28. The lowest BCUT2D eigenvalue weighted by molar-refractivity contribution is -0.171. The van der Waals surface area contributed by atoms with Crippen molar-refractivity contribution >= 4 is 81.6 Å². The molecule has 7 nitrogen and oxygen atoms in total. The van der Waals surface area contributed by atoms with Crippen molar-refractivity contribution in [2.24, 2.45) is 0 Å². The molecule has 0 aromatic heterocycles. The fourth-order valence-electron chi connectivity index (χ4n) is 1.49. The lowest BCUT2D eigenvalue weighted by atomic mass is 10.1.